The molecule has 0 bridgehead atoms. The van der Waals surface area contributed by atoms with Crippen molar-refractivity contribution < 1.29 is 0 Å². The molecule has 0 spiro atoms. The van der Waals surface area contributed by atoms with Gasteiger partial charge in [-0.15, -0.1) is 5.11 Å². The van der Waals surface area contributed by atoms with Crippen LogP contribution < -0.4 is 0 Å². The van der Waals surface area contributed by atoms with E-state index in [4.69, 9.17) is 34.1 Å². The topological polar surface area (TPSA) is 85.3 Å². The van der Waals surface area contributed by atoms with E-state index in [0.29, 0.717) is 27.0 Å². The molecule has 1 aromatic heterocycles. The number of rotatable bonds is 1. The van der Waals surface area contributed by atoms with Crippen LogP contribution in [0.4, 0.5) is 0 Å². The number of halogens is 2. The normalized spacial score (nSPS) is 10.8. The Balaban J connectivity index is 3.27. The van der Waals surface area contributed by atoms with Crippen molar-refractivity contribution in [3.63, 3.8) is 0 Å². The zero-order chi connectivity index (χ0) is 12.3. The summed E-state index contributed by atoms with van der Waals surface area (Å²) in [6.45, 7) is 3.51. The van der Waals surface area contributed by atoms with Crippen LogP contribution in [0.3, 0.4) is 0 Å². The van der Waals surface area contributed by atoms with Gasteiger partial charge in [0.1, 0.15) is 0 Å². The van der Waals surface area contributed by atoms with Gasteiger partial charge in [-0.05, 0) is 13.8 Å². The Morgan fingerprint density at radius 3 is 2.19 bits per heavy atom. The van der Waals surface area contributed by atoms with Crippen LogP contribution in [0.2, 0.25) is 10.0 Å². The van der Waals surface area contributed by atoms with Gasteiger partial charge in [-0.3, -0.25) is 10.4 Å². The summed E-state index contributed by atoms with van der Waals surface area (Å²) in [5, 5.41) is 10.7. The Kier molecular flexibility index (Phi) is 4.09. The molecule has 0 aliphatic heterocycles. The molecule has 16 heavy (non-hydrogen) atoms. The number of hydrogen-bond donors (Lipinski definition) is 2. The standard InChI is InChI=1S/C9H9Cl2N5/c1-4-7(10)6(3-14-9(12)16-13)8(11)5(2)15-4/h3,12-13H,1-2H3. The number of guanidine groups is 1. The second-order valence-electron chi connectivity index (χ2n) is 3.02. The highest BCUT2D eigenvalue weighted by molar-refractivity contribution is 6.39. The maximum absolute atomic E-state index is 7.08. The monoisotopic (exact) mass is 257 g/mol. The summed E-state index contributed by atoms with van der Waals surface area (Å²) < 4.78 is 0. The Morgan fingerprint density at radius 2 is 1.75 bits per heavy atom. The third-order valence-electron chi connectivity index (χ3n) is 1.87. The predicted octanol–water partition coefficient (Wildman–Crippen LogP) is 3.39. The fourth-order valence-corrected chi connectivity index (χ4v) is 1.52. The lowest BCUT2D eigenvalue weighted by molar-refractivity contribution is 1.12. The van der Waals surface area contributed by atoms with Crippen LogP contribution in [0.5, 0.6) is 0 Å². The minimum atomic E-state index is -0.417. The molecule has 0 unspecified atom stereocenters. The van der Waals surface area contributed by atoms with Crippen LogP contribution in [-0.4, -0.2) is 17.2 Å². The molecule has 1 rings (SSSR count). The summed E-state index contributed by atoms with van der Waals surface area (Å²) in [7, 11) is 0. The average Bonchev–Trinajstić information content (AvgIpc) is 2.26. The molecule has 7 heteroatoms. The summed E-state index contributed by atoms with van der Waals surface area (Å²) in [6.07, 6.45) is 1.31. The minimum absolute atomic E-state index is 0.386. The van der Waals surface area contributed by atoms with Crippen LogP contribution in [0.15, 0.2) is 10.1 Å². The van der Waals surface area contributed by atoms with Gasteiger partial charge in [-0.1, -0.05) is 23.2 Å². The van der Waals surface area contributed by atoms with Crippen molar-refractivity contribution in [2.45, 2.75) is 13.8 Å². The summed E-state index contributed by atoms with van der Waals surface area (Å²) in [5.74, 6) is -0.417. The lowest BCUT2D eigenvalue weighted by Crippen LogP contribution is -1.97. The Hall–Kier alpha value is -1.33. The van der Waals surface area contributed by atoms with Gasteiger partial charge in [0.05, 0.1) is 21.4 Å². The van der Waals surface area contributed by atoms with Crippen molar-refractivity contribution in [3.8, 4) is 0 Å². The van der Waals surface area contributed by atoms with Crippen molar-refractivity contribution in [2.24, 2.45) is 10.1 Å². The lowest BCUT2D eigenvalue weighted by Gasteiger charge is -2.06. The first-order valence-corrected chi connectivity index (χ1v) is 5.05. The van der Waals surface area contributed by atoms with Gasteiger partial charge >= 0.3 is 0 Å². The third kappa shape index (κ3) is 2.62. The van der Waals surface area contributed by atoms with Gasteiger partial charge in [-0.2, -0.15) is 0 Å². The molecule has 2 N–H and O–H groups in total. The molecule has 0 aromatic carbocycles. The molecular formula is C9H9Cl2N5. The van der Waals surface area contributed by atoms with Crippen molar-refractivity contribution in [1.29, 1.82) is 10.9 Å². The number of hydrogen-bond acceptors (Lipinski definition) is 3. The molecular weight excluding hydrogens is 249 g/mol. The molecule has 0 saturated carbocycles. The fraction of sp³-hybridized carbons (Fsp3) is 0.222. The first kappa shape index (κ1) is 12.7. The van der Waals surface area contributed by atoms with E-state index in [1.54, 1.807) is 13.8 Å². The largest absolute Gasteiger partial charge is 0.264 e. The van der Waals surface area contributed by atoms with Gasteiger partial charge in [-0.25, -0.2) is 10.5 Å². The van der Waals surface area contributed by atoms with E-state index in [1.807, 2.05) is 0 Å². The van der Waals surface area contributed by atoms with Crippen molar-refractivity contribution in [1.82, 2.24) is 4.98 Å². The number of aryl methyl sites for hydroxylation is 2. The molecule has 5 nitrogen and oxygen atoms in total. The van der Waals surface area contributed by atoms with Crippen LogP contribution in [0.25, 0.3) is 0 Å². The first-order valence-electron chi connectivity index (χ1n) is 4.29. The highest BCUT2D eigenvalue weighted by atomic mass is 35.5. The molecule has 0 atom stereocenters. The molecule has 0 aliphatic rings. The van der Waals surface area contributed by atoms with E-state index in [9.17, 15) is 0 Å². The summed E-state index contributed by atoms with van der Waals surface area (Å²) in [6, 6.07) is 0. The number of nitrogens with one attached hydrogen (secondary N) is 2. The van der Waals surface area contributed by atoms with Crippen molar-refractivity contribution in [3.05, 3.63) is 27.0 Å². The van der Waals surface area contributed by atoms with Gasteiger partial charge in [0, 0.05) is 11.8 Å². The van der Waals surface area contributed by atoms with Crippen LogP contribution >= 0.6 is 23.2 Å². The number of aliphatic imine (C=N–C) groups is 1. The summed E-state index contributed by atoms with van der Waals surface area (Å²) in [4.78, 5) is 7.77. The van der Waals surface area contributed by atoms with Gasteiger partial charge in [0.15, 0.2) is 0 Å². The summed E-state index contributed by atoms with van der Waals surface area (Å²) >= 11 is 12.0. The molecule has 0 aliphatic carbocycles. The zero-order valence-corrected chi connectivity index (χ0v) is 10.2. The van der Waals surface area contributed by atoms with Crippen LogP contribution in [0, 0.1) is 24.8 Å². The zero-order valence-electron chi connectivity index (χ0n) is 8.67. The molecule has 1 aromatic rings. The molecule has 0 fully saturated rings. The van der Waals surface area contributed by atoms with Gasteiger partial charge < -0.3 is 0 Å². The lowest BCUT2D eigenvalue weighted by atomic mass is 10.2. The third-order valence-corrected chi connectivity index (χ3v) is 2.82. The molecule has 0 radical (unpaired) electrons. The number of nitrogens with zero attached hydrogens (tertiary/aromatic N) is 3. The van der Waals surface area contributed by atoms with Crippen molar-refractivity contribution in [2.75, 3.05) is 0 Å². The van der Waals surface area contributed by atoms with E-state index < -0.39 is 5.96 Å². The second kappa shape index (κ2) is 5.14. The highest BCUT2D eigenvalue weighted by Gasteiger charge is 2.11. The number of aromatic nitrogens is 1. The Bertz CT molecular complexity index is 455. The van der Waals surface area contributed by atoms with E-state index in [2.05, 4.69) is 15.1 Å². The maximum atomic E-state index is 7.08. The van der Waals surface area contributed by atoms with Crippen LogP contribution in [0.1, 0.15) is 17.0 Å². The quantitative estimate of drug-likeness (QED) is 0.451. The van der Waals surface area contributed by atoms with E-state index in [1.165, 1.54) is 6.21 Å². The highest BCUT2D eigenvalue weighted by Crippen LogP contribution is 2.27. The van der Waals surface area contributed by atoms with E-state index >= 15 is 0 Å². The van der Waals surface area contributed by atoms with Crippen molar-refractivity contribution >= 4 is 35.4 Å². The average molecular weight is 258 g/mol. The van der Waals surface area contributed by atoms with E-state index in [-0.39, 0.29) is 0 Å². The van der Waals surface area contributed by atoms with Gasteiger partial charge in [0.2, 0.25) is 0 Å². The van der Waals surface area contributed by atoms with Crippen LogP contribution in [-0.2, 0) is 0 Å². The Morgan fingerprint density at radius 1 is 1.25 bits per heavy atom. The molecule has 0 saturated heterocycles. The Labute approximate surface area is 103 Å². The molecule has 1 heterocycles. The van der Waals surface area contributed by atoms with Gasteiger partial charge in [0.25, 0.3) is 5.96 Å². The first-order chi connectivity index (χ1) is 7.47. The molecule has 84 valence electrons. The number of pyridine rings is 1. The minimum Gasteiger partial charge on any atom is -0.264 e. The summed E-state index contributed by atoms with van der Waals surface area (Å²) in [5.41, 5.74) is 8.34. The molecule has 0 amide bonds. The maximum Gasteiger partial charge on any atom is 0.260 e. The fourth-order valence-electron chi connectivity index (χ4n) is 1.10. The SMILES string of the molecule is Cc1nc(C)c(Cl)c(C=NC(=N)N=N)c1Cl. The second-order valence-corrected chi connectivity index (χ2v) is 3.77. The smallest absolute Gasteiger partial charge is 0.260 e. The predicted molar refractivity (Wildman–Crippen MR) is 64.2 cm³/mol. The van der Waals surface area contributed by atoms with E-state index in [0.717, 1.165) is 0 Å².